The molecule has 4 heteroatoms. The summed E-state index contributed by atoms with van der Waals surface area (Å²) in [5.41, 5.74) is 1.25. The Balaban J connectivity index is 1.40. The van der Waals surface area contributed by atoms with E-state index in [1.165, 1.54) is 0 Å². The Kier molecular flexibility index (Phi) is 2.69. The largest absolute Gasteiger partial charge is 0.459 e. The molecule has 1 aromatic carbocycles. The normalized spacial score (nSPS) is 37.1. The molecule has 0 amide bonds. The van der Waals surface area contributed by atoms with Crippen molar-refractivity contribution in [2.45, 2.75) is 43.2 Å². The second-order valence-electron chi connectivity index (χ2n) is 5.79. The average Bonchev–Trinajstić information content (AvgIpc) is 3.23. The van der Waals surface area contributed by atoms with Gasteiger partial charge in [0, 0.05) is 24.9 Å². The van der Waals surface area contributed by atoms with E-state index >= 15 is 0 Å². The minimum Gasteiger partial charge on any atom is -0.459 e. The van der Waals surface area contributed by atoms with Crippen molar-refractivity contribution in [3.8, 4) is 0 Å². The predicted molar refractivity (Wildman–Crippen MR) is 74.0 cm³/mol. The zero-order valence-electron chi connectivity index (χ0n) is 11.1. The third-order valence-electron chi connectivity index (χ3n) is 4.46. The summed E-state index contributed by atoms with van der Waals surface area (Å²) in [6.07, 6.45) is 2.36. The van der Waals surface area contributed by atoms with Crippen LogP contribution in [0.4, 0.5) is 0 Å². The molecule has 4 nitrogen and oxygen atoms in total. The van der Waals surface area contributed by atoms with E-state index in [-0.39, 0.29) is 12.1 Å². The summed E-state index contributed by atoms with van der Waals surface area (Å²) in [4.78, 5) is 12.2. The quantitative estimate of drug-likeness (QED) is 0.514. The van der Waals surface area contributed by atoms with Crippen molar-refractivity contribution in [3.63, 3.8) is 0 Å². The molecule has 1 aromatic rings. The second kappa shape index (κ2) is 4.43. The smallest absolute Gasteiger partial charge is 0.338 e. The van der Waals surface area contributed by atoms with E-state index in [2.05, 4.69) is 11.9 Å². The zero-order valence-corrected chi connectivity index (χ0v) is 11.1. The standard InChI is InChI=1S/C16H17NO3/c1-9(10-5-3-2-4-6-10)16(18)19-11-7-12-14-15(20-14)13(8-11)17-12/h2-6,11-15,17H,1,7-8H2/t12-,13-,14-,15-/m0/s1. The molecule has 20 heavy (non-hydrogen) atoms. The van der Waals surface area contributed by atoms with Gasteiger partial charge in [-0.15, -0.1) is 0 Å². The Bertz CT molecular complexity index is 540. The number of ether oxygens (including phenoxy) is 2. The van der Waals surface area contributed by atoms with Crippen molar-refractivity contribution in [2.24, 2.45) is 0 Å². The Morgan fingerprint density at radius 2 is 1.85 bits per heavy atom. The summed E-state index contributed by atoms with van der Waals surface area (Å²) in [5.74, 6) is -0.308. The van der Waals surface area contributed by atoms with E-state index in [1.807, 2.05) is 30.3 Å². The van der Waals surface area contributed by atoms with Gasteiger partial charge in [-0.05, 0) is 5.56 Å². The SMILES string of the molecule is C=C(C(=O)OC1C[C@@H]2N[C@@H](C1)[C@@H]1O[C@H]12)c1ccccc1. The number of hydrogen-bond donors (Lipinski definition) is 1. The number of carbonyl (C=O) groups is 1. The topological polar surface area (TPSA) is 50.9 Å². The molecule has 3 saturated heterocycles. The van der Waals surface area contributed by atoms with E-state index in [9.17, 15) is 4.79 Å². The van der Waals surface area contributed by atoms with Crippen molar-refractivity contribution in [3.05, 3.63) is 42.5 Å². The fourth-order valence-corrected chi connectivity index (χ4v) is 3.39. The molecule has 0 aromatic heterocycles. The van der Waals surface area contributed by atoms with Crippen molar-refractivity contribution in [2.75, 3.05) is 0 Å². The van der Waals surface area contributed by atoms with E-state index in [0.29, 0.717) is 29.9 Å². The molecule has 3 aliphatic heterocycles. The number of benzene rings is 1. The maximum absolute atomic E-state index is 12.2. The van der Waals surface area contributed by atoms with Gasteiger partial charge in [-0.3, -0.25) is 0 Å². The molecule has 3 aliphatic rings. The van der Waals surface area contributed by atoms with E-state index < -0.39 is 0 Å². The molecule has 0 aliphatic carbocycles. The van der Waals surface area contributed by atoms with Crippen LogP contribution in [0.5, 0.6) is 0 Å². The number of fused-ring (bicyclic) bond motifs is 5. The number of morpholine rings is 1. The van der Waals surface area contributed by atoms with Crippen LogP contribution in [0.2, 0.25) is 0 Å². The van der Waals surface area contributed by atoms with Gasteiger partial charge >= 0.3 is 5.97 Å². The summed E-state index contributed by atoms with van der Waals surface area (Å²) in [7, 11) is 0. The highest BCUT2D eigenvalue weighted by Gasteiger charge is 2.59. The predicted octanol–water partition coefficient (Wildman–Crippen LogP) is 1.51. The Hall–Kier alpha value is -1.65. The fourth-order valence-electron chi connectivity index (χ4n) is 3.39. The molecular weight excluding hydrogens is 254 g/mol. The Morgan fingerprint density at radius 1 is 1.20 bits per heavy atom. The Morgan fingerprint density at radius 3 is 2.50 bits per heavy atom. The second-order valence-corrected chi connectivity index (χ2v) is 5.79. The van der Waals surface area contributed by atoms with Crippen LogP contribution in [0.3, 0.4) is 0 Å². The molecule has 0 spiro atoms. The lowest BCUT2D eigenvalue weighted by molar-refractivity contribution is -0.144. The molecular formula is C16H17NO3. The Labute approximate surface area is 117 Å². The molecule has 2 bridgehead atoms. The fraction of sp³-hybridized carbons (Fsp3) is 0.438. The first kappa shape index (κ1) is 12.1. The van der Waals surface area contributed by atoms with Gasteiger partial charge in [0.2, 0.25) is 0 Å². The van der Waals surface area contributed by atoms with Crippen molar-refractivity contribution < 1.29 is 14.3 Å². The van der Waals surface area contributed by atoms with E-state index in [4.69, 9.17) is 9.47 Å². The van der Waals surface area contributed by atoms with Crippen LogP contribution in [0.15, 0.2) is 36.9 Å². The summed E-state index contributed by atoms with van der Waals surface area (Å²) in [5, 5.41) is 3.52. The van der Waals surface area contributed by atoms with E-state index in [1.54, 1.807) is 0 Å². The van der Waals surface area contributed by atoms with Crippen molar-refractivity contribution >= 4 is 11.5 Å². The van der Waals surface area contributed by atoms with E-state index in [0.717, 1.165) is 18.4 Å². The molecule has 1 N–H and O–H groups in total. The summed E-state index contributed by atoms with van der Waals surface area (Å²) in [6.45, 7) is 3.85. The third-order valence-corrected chi connectivity index (χ3v) is 4.46. The van der Waals surface area contributed by atoms with Gasteiger partial charge in [-0.2, -0.15) is 0 Å². The lowest BCUT2D eigenvalue weighted by atomic mass is 10.0. The molecule has 4 atom stereocenters. The molecule has 0 radical (unpaired) electrons. The van der Waals surface area contributed by atoms with Crippen LogP contribution < -0.4 is 5.32 Å². The first-order valence-corrected chi connectivity index (χ1v) is 7.09. The summed E-state index contributed by atoms with van der Waals surface area (Å²) >= 11 is 0. The van der Waals surface area contributed by atoms with Gasteiger partial charge < -0.3 is 14.8 Å². The first-order chi connectivity index (χ1) is 9.72. The van der Waals surface area contributed by atoms with Gasteiger partial charge in [0.1, 0.15) is 18.3 Å². The van der Waals surface area contributed by atoms with Gasteiger partial charge in [0.15, 0.2) is 0 Å². The number of rotatable bonds is 3. The highest BCUT2D eigenvalue weighted by molar-refractivity contribution is 6.15. The van der Waals surface area contributed by atoms with Crippen LogP contribution in [0.25, 0.3) is 5.57 Å². The number of hydrogen-bond acceptors (Lipinski definition) is 4. The molecule has 3 heterocycles. The number of piperidine rings is 1. The molecule has 104 valence electrons. The molecule has 0 saturated carbocycles. The van der Waals surface area contributed by atoms with Gasteiger partial charge in [-0.1, -0.05) is 36.9 Å². The summed E-state index contributed by atoms with van der Waals surface area (Å²) < 4.78 is 11.2. The minimum atomic E-state index is -0.308. The van der Waals surface area contributed by atoms with Gasteiger partial charge in [0.05, 0.1) is 5.57 Å². The van der Waals surface area contributed by atoms with Gasteiger partial charge in [0.25, 0.3) is 0 Å². The number of esters is 1. The molecule has 3 fully saturated rings. The summed E-state index contributed by atoms with van der Waals surface area (Å²) in [6, 6.07) is 10.1. The highest BCUT2D eigenvalue weighted by atomic mass is 16.6. The van der Waals surface area contributed by atoms with Crippen LogP contribution >= 0.6 is 0 Å². The lowest BCUT2D eigenvalue weighted by Gasteiger charge is -2.31. The first-order valence-electron chi connectivity index (χ1n) is 7.09. The van der Waals surface area contributed by atoms with Crippen LogP contribution in [-0.2, 0) is 14.3 Å². The lowest BCUT2D eigenvalue weighted by Crippen LogP contribution is -2.46. The molecule has 4 rings (SSSR count). The van der Waals surface area contributed by atoms with Crippen LogP contribution in [0.1, 0.15) is 18.4 Å². The highest BCUT2D eigenvalue weighted by Crippen LogP contribution is 2.42. The number of epoxide rings is 1. The maximum atomic E-state index is 12.2. The van der Waals surface area contributed by atoms with Crippen LogP contribution in [-0.4, -0.2) is 36.4 Å². The average molecular weight is 271 g/mol. The third kappa shape index (κ3) is 1.96. The monoisotopic (exact) mass is 271 g/mol. The molecule has 0 unspecified atom stereocenters. The number of carbonyl (C=O) groups excluding carboxylic acids is 1. The maximum Gasteiger partial charge on any atom is 0.338 e. The minimum absolute atomic E-state index is 0.0180. The van der Waals surface area contributed by atoms with Gasteiger partial charge in [-0.25, -0.2) is 4.79 Å². The van der Waals surface area contributed by atoms with Crippen LogP contribution in [0, 0.1) is 0 Å². The van der Waals surface area contributed by atoms with Crippen molar-refractivity contribution in [1.29, 1.82) is 0 Å². The number of nitrogens with one attached hydrogen (secondary N) is 1. The zero-order chi connectivity index (χ0) is 13.7. The van der Waals surface area contributed by atoms with Crippen molar-refractivity contribution in [1.82, 2.24) is 5.32 Å².